The lowest BCUT2D eigenvalue weighted by molar-refractivity contribution is -0.187. The van der Waals surface area contributed by atoms with E-state index < -0.39 is 5.97 Å². The molecule has 0 radical (unpaired) electrons. The molecule has 0 N–H and O–H groups in total. The minimum atomic E-state index is -0.437. The van der Waals surface area contributed by atoms with E-state index >= 15 is 0 Å². The number of fused-ring (bicyclic) bond motifs is 1. The van der Waals surface area contributed by atoms with E-state index in [9.17, 15) is 4.79 Å². The van der Waals surface area contributed by atoms with E-state index in [1.807, 2.05) is 6.92 Å². The summed E-state index contributed by atoms with van der Waals surface area (Å²) in [5.41, 5.74) is 1.09. The third-order valence-electron chi connectivity index (χ3n) is 5.64. The van der Waals surface area contributed by atoms with E-state index in [4.69, 9.17) is 35.3 Å². The standard InChI is InChI=1S/C19H23ClO6/c1-11-13(18(21)22-2)9-14(20)17-16(11)26-15(10-23-17)12-3-5-19(6-4-12)24-7-8-25-19/h9,12,15H,3-8,10H2,1-2H3/t15-/m1/s1. The summed E-state index contributed by atoms with van der Waals surface area (Å²) < 4.78 is 28.6. The van der Waals surface area contributed by atoms with Gasteiger partial charge in [-0.1, -0.05) is 11.6 Å². The van der Waals surface area contributed by atoms with Crippen molar-refractivity contribution >= 4 is 17.6 Å². The molecule has 4 rings (SSSR count). The summed E-state index contributed by atoms with van der Waals surface area (Å²) in [7, 11) is 1.35. The number of benzene rings is 1. The van der Waals surface area contributed by atoms with Gasteiger partial charge < -0.3 is 23.7 Å². The van der Waals surface area contributed by atoms with Gasteiger partial charge in [-0.2, -0.15) is 0 Å². The number of rotatable bonds is 2. The summed E-state index contributed by atoms with van der Waals surface area (Å²) in [6.07, 6.45) is 3.56. The fourth-order valence-electron chi connectivity index (χ4n) is 4.12. The molecular formula is C19H23ClO6. The Bertz CT molecular complexity index is 702. The van der Waals surface area contributed by atoms with Crippen LogP contribution in [0, 0.1) is 12.8 Å². The number of carbonyl (C=O) groups is 1. The van der Waals surface area contributed by atoms with Gasteiger partial charge >= 0.3 is 5.97 Å². The molecule has 2 aliphatic heterocycles. The maximum atomic E-state index is 12.0. The number of hydrogen-bond acceptors (Lipinski definition) is 6. The molecule has 0 bridgehead atoms. The molecule has 6 nitrogen and oxygen atoms in total. The van der Waals surface area contributed by atoms with Crippen molar-refractivity contribution in [1.29, 1.82) is 0 Å². The highest BCUT2D eigenvalue weighted by Crippen LogP contribution is 2.46. The van der Waals surface area contributed by atoms with Gasteiger partial charge in [-0.05, 0) is 31.7 Å². The summed E-state index contributed by atoms with van der Waals surface area (Å²) in [4.78, 5) is 12.0. The summed E-state index contributed by atoms with van der Waals surface area (Å²) in [5.74, 6) is 0.571. The van der Waals surface area contributed by atoms with E-state index in [1.165, 1.54) is 7.11 Å². The number of carbonyl (C=O) groups excluding carboxylic acids is 1. The van der Waals surface area contributed by atoms with Crippen LogP contribution in [0.3, 0.4) is 0 Å². The maximum absolute atomic E-state index is 12.0. The normalized spacial score (nSPS) is 24.7. The largest absolute Gasteiger partial charge is 0.484 e. The van der Waals surface area contributed by atoms with E-state index in [1.54, 1.807) is 6.07 Å². The van der Waals surface area contributed by atoms with Crippen molar-refractivity contribution in [3.05, 3.63) is 22.2 Å². The molecule has 1 saturated heterocycles. The van der Waals surface area contributed by atoms with Crippen molar-refractivity contribution in [2.24, 2.45) is 5.92 Å². The Labute approximate surface area is 157 Å². The lowest BCUT2D eigenvalue weighted by atomic mass is 9.81. The Balaban J connectivity index is 1.52. The predicted octanol–water partition coefficient (Wildman–Crippen LogP) is 3.51. The van der Waals surface area contributed by atoms with Crippen LogP contribution in [-0.4, -0.2) is 44.8 Å². The van der Waals surface area contributed by atoms with Crippen LogP contribution in [0.25, 0.3) is 0 Å². The van der Waals surface area contributed by atoms with Crippen LogP contribution in [0.15, 0.2) is 6.07 Å². The van der Waals surface area contributed by atoms with Crippen molar-refractivity contribution < 1.29 is 28.5 Å². The van der Waals surface area contributed by atoms with Gasteiger partial charge in [0.2, 0.25) is 0 Å². The third kappa shape index (κ3) is 3.04. The molecule has 1 atom stereocenters. The molecule has 142 valence electrons. The van der Waals surface area contributed by atoms with Crippen LogP contribution in [0.1, 0.15) is 41.6 Å². The second kappa shape index (κ2) is 6.91. The Hall–Kier alpha value is -1.50. The molecule has 1 saturated carbocycles. The topological polar surface area (TPSA) is 63.2 Å². The molecule has 1 aromatic carbocycles. The van der Waals surface area contributed by atoms with Crippen molar-refractivity contribution in [1.82, 2.24) is 0 Å². The van der Waals surface area contributed by atoms with Crippen LogP contribution in [0.2, 0.25) is 5.02 Å². The van der Waals surface area contributed by atoms with Gasteiger partial charge in [0.1, 0.15) is 12.7 Å². The molecule has 1 aromatic rings. The molecule has 1 spiro atoms. The van der Waals surface area contributed by atoms with Crippen molar-refractivity contribution in [3.8, 4) is 11.5 Å². The van der Waals surface area contributed by atoms with Crippen molar-refractivity contribution in [3.63, 3.8) is 0 Å². The van der Waals surface area contributed by atoms with Crippen molar-refractivity contribution in [2.45, 2.75) is 44.5 Å². The molecule has 0 aromatic heterocycles. The van der Waals surface area contributed by atoms with E-state index in [0.29, 0.717) is 53.4 Å². The number of ether oxygens (including phenoxy) is 5. The van der Waals surface area contributed by atoms with Gasteiger partial charge in [0, 0.05) is 18.4 Å². The van der Waals surface area contributed by atoms with E-state index in [2.05, 4.69) is 0 Å². The minimum Gasteiger partial charge on any atom is -0.484 e. The third-order valence-corrected chi connectivity index (χ3v) is 5.92. The van der Waals surface area contributed by atoms with Crippen LogP contribution in [0.4, 0.5) is 0 Å². The predicted molar refractivity (Wildman–Crippen MR) is 94.0 cm³/mol. The molecule has 2 heterocycles. The first-order chi connectivity index (χ1) is 12.5. The average Bonchev–Trinajstić information content (AvgIpc) is 3.12. The van der Waals surface area contributed by atoms with Crippen LogP contribution in [0.5, 0.6) is 11.5 Å². The Kier molecular flexibility index (Phi) is 4.75. The monoisotopic (exact) mass is 382 g/mol. The first-order valence-corrected chi connectivity index (χ1v) is 9.39. The lowest BCUT2D eigenvalue weighted by Gasteiger charge is -2.40. The summed E-state index contributed by atoms with van der Waals surface area (Å²) >= 11 is 6.29. The van der Waals surface area contributed by atoms with Gasteiger partial charge in [0.05, 0.1) is 30.9 Å². The first-order valence-electron chi connectivity index (χ1n) is 9.02. The molecule has 7 heteroatoms. The average molecular weight is 383 g/mol. The number of methoxy groups -OCH3 is 1. The fraction of sp³-hybridized carbons (Fsp3) is 0.632. The Morgan fingerprint density at radius 3 is 2.58 bits per heavy atom. The van der Waals surface area contributed by atoms with Crippen LogP contribution >= 0.6 is 11.6 Å². The van der Waals surface area contributed by atoms with Gasteiger partial charge in [0.15, 0.2) is 17.3 Å². The number of esters is 1. The smallest absolute Gasteiger partial charge is 0.338 e. The second-order valence-corrected chi connectivity index (χ2v) is 7.50. The van der Waals surface area contributed by atoms with Gasteiger partial charge in [-0.15, -0.1) is 0 Å². The summed E-state index contributed by atoms with van der Waals surface area (Å²) in [6.45, 7) is 3.62. The number of hydrogen-bond donors (Lipinski definition) is 0. The molecule has 2 fully saturated rings. The van der Waals surface area contributed by atoms with Gasteiger partial charge in [0.25, 0.3) is 0 Å². The fourth-order valence-corrected chi connectivity index (χ4v) is 4.37. The van der Waals surface area contributed by atoms with E-state index in [-0.39, 0.29) is 11.9 Å². The lowest BCUT2D eigenvalue weighted by Crippen LogP contribution is -2.43. The first kappa shape index (κ1) is 17.9. The molecule has 3 aliphatic rings. The number of halogens is 1. The zero-order chi connectivity index (χ0) is 18.3. The van der Waals surface area contributed by atoms with Gasteiger partial charge in [-0.3, -0.25) is 0 Å². The molecule has 0 amide bonds. The van der Waals surface area contributed by atoms with Crippen LogP contribution < -0.4 is 9.47 Å². The maximum Gasteiger partial charge on any atom is 0.338 e. The minimum absolute atomic E-state index is 0.0797. The summed E-state index contributed by atoms with van der Waals surface area (Å²) in [5, 5.41) is 0.361. The zero-order valence-electron chi connectivity index (χ0n) is 15.0. The second-order valence-electron chi connectivity index (χ2n) is 7.09. The highest BCUT2D eigenvalue weighted by atomic mass is 35.5. The SMILES string of the molecule is COC(=O)c1cc(Cl)c2c(c1C)O[C@@H](C1CCC3(CC1)OCCO3)CO2. The van der Waals surface area contributed by atoms with Crippen molar-refractivity contribution in [2.75, 3.05) is 26.9 Å². The van der Waals surface area contributed by atoms with Crippen LogP contribution in [-0.2, 0) is 14.2 Å². The molecular weight excluding hydrogens is 360 g/mol. The molecule has 0 unspecified atom stereocenters. The Morgan fingerprint density at radius 1 is 1.23 bits per heavy atom. The van der Waals surface area contributed by atoms with E-state index in [0.717, 1.165) is 25.7 Å². The highest BCUT2D eigenvalue weighted by molar-refractivity contribution is 6.32. The molecule has 26 heavy (non-hydrogen) atoms. The summed E-state index contributed by atoms with van der Waals surface area (Å²) in [6, 6.07) is 1.57. The zero-order valence-corrected chi connectivity index (χ0v) is 15.8. The highest BCUT2D eigenvalue weighted by Gasteiger charge is 2.43. The quantitative estimate of drug-likeness (QED) is 0.729. The van der Waals surface area contributed by atoms with Gasteiger partial charge in [-0.25, -0.2) is 4.79 Å². The Morgan fingerprint density at radius 2 is 1.92 bits per heavy atom. The molecule has 1 aliphatic carbocycles.